The smallest absolute Gasteiger partial charge is 0.253 e. The van der Waals surface area contributed by atoms with Crippen molar-refractivity contribution in [3.8, 4) is 0 Å². The molecule has 0 bridgehead atoms. The van der Waals surface area contributed by atoms with E-state index in [9.17, 15) is 13.2 Å². The molecule has 28 heavy (non-hydrogen) atoms. The fraction of sp³-hybridized carbons (Fsp3) is 0.350. The zero-order valence-corrected chi connectivity index (χ0v) is 17.5. The molecular formula is C20H26ClN3O3S. The number of fused-ring (bicyclic) bond motifs is 1. The van der Waals surface area contributed by atoms with Crippen LogP contribution in [0.5, 0.6) is 0 Å². The van der Waals surface area contributed by atoms with E-state index < -0.39 is 10.0 Å². The van der Waals surface area contributed by atoms with Crippen LogP contribution in [0.4, 0.5) is 5.69 Å². The van der Waals surface area contributed by atoms with Crippen molar-refractivity contribution < 1.29 is 13.2 Å². The molecule has 0 saturated carbocycles. The van der Waals surface area contributed by atoms with Gasteiger partial charge in [0.1, 0.15) is 0 Å². The molecule has 2 N–H and O–H groups in total. The molecule has 1 amide bonds. The van der Waals surface area contributed by atoms with Crippen molar-refractivity contribution in [3.05, 3.63) is 65.2 Å². The Hall–Kier alpha value is -2.09. The van der Waals surface area contributed by atoms with Crippen molar-refractivity contribution in [2.45, 2.75) is 12.8 Å². The van der Waals surface area contributed by atoms with Gasteiger partial charge in [-0.25, -0.2) is 8.42 Å². The van der Waals surface area contributed by atoms with Crippen LogP contribution < -0.4 is 10.0 Å². The molecule has 1 heterocycles. The number of halogens is 1. The third-order valence-electron chi connectivity index (χ3n) is 4.78. The molecule has 6 nitrogen and oxygen atoms in total. The monoisotopic (exact) mass is 423 g/mol. The second kappa shape index (κ2) is 9.41. The van der Waals surface area contributed by atoms with E-state index in [0.717, 1.165) is 12.0 Å². The minimum atomic E-state index is -3.29. The number of benzene rings is 2. The summed E-state index contributed by atoms with van der Waals surface area (Å²) in [5.41, 5.74) is 9.01. The first kappa shape index (κ1) is 22.2. The maximum absolute atomic E-state index is 13.0. The Labute approximate surface area is 172 Å². The number of hydrogen-bond donors (Lipinski definition) is 1. The zero-order chi connectivity index (χ0) is 19.4. The highest BCUT2D eigenvalue weighted by Gasteiger charge is 2.27. The molecule has 152 valence electrons. The molecule has 8 heteroatoms. The largest absolute Gasteiger partial charge is 0.337 e. The lowest BCUT2D eigenvalue weighted by molar-refractivity contribution is 0.0762. The maximum atomic E-state index is 13.0. The number of nitrogens with zero attached hydrogens (tertiary/aromatic N) is 2. The average molecular weight is 424 g/mol. The summed E-state index contributed by atoms with van der Waals surface area (Å²) >= 11 is 0. The Morgan fingerprint density at radius 1 is 1.14 bits per heavy atom. The molecule has 2 aromatic rings. The Bertz CT molecular complexity index is 920. The minimum absolute atomic E-state index is 0. The molecule has 0 atom stereocenters. The Balaban J connectivity index is 0.00000280. The van der Waals surface area contributed by atoms with Crippen LogP contribution in [0.25, 0.3) is 0 Å². The van der Waals surface area contributed by atoms with Gasteiger partial charge in [-0.1, -0.05) is 30.3 Å². The third kappa shape index (κ3) is 5.04. The van der Waals surface area contributed by atoms with Crippen LogP contribution in [0, 0.1) is 0 Å². The Morgan fingerprint density at radius 3 is 2.50 bits per heavy atom. The summed E-state index contributed by atoms with van der Waals surface area (Å²) in [5.74, 6) is -0.0722. The molecule has 0 fully saturated rings. The number of hydrogen-bond acceptors (Lipinski definition) is 4. The molecule has 1 aliphatic rings. The van der Waals surface area contributed by atoms with Gasteiger partial charge in [0.25, 0.3) is 5.91 Å². The van der Waals surface area contributed by atoms with Crippen molar-refractivity contribution >= 4 is 34.0 Å². The van der Waals surface area contributed by atoms with Crippen molar-refractivity contribution in [2.75, 3.05) is 36.7 Å². The molecular weight excluding hydrogens is 398 g/mol. The van der Waals surface area contributed by atoms with Gasteiger partial charge in [-0.05, 0) is 42.2 Å². The van der Waals surface area contributed by atoms with E-state index in [-0.39, 0.29) is 18.3 Å². The van der Waals surface area contributed by atoms with E-state index in [1.54, 1.807) is 17.0 Å². The molecule has 0 saturated heterocycles. The number of carbonyl (C=O) groups is 1. The lowest BCUT2D eigenvalue weighted by Crippen LogP contribution is -2.37. The van der Waals surface area contributed by atoms with E-state index in [0.29, 0.717) is 43.9 Å². The van der Waals surface area contributed by atoms with Gasteiger partial charge in [0.15, 0.2) is 0 Å². The predicted molar refractivity (Wildman–Crippen MR) is 115 cm³/mol. The molecule has 1 aliphatic heterocycles. The van der Waals surface area contributed by atoms with Gasteiger partial charge in [-0.2, -0.15) is 0 Å². The van der Waals surface area contributed by atoms with Gasteiger partial charge in [0.2, 0.25) is 10.0 Å². The lowest BCUT2D eigenvalue weighted by Gasteiger charge is -2.23. The first-order valence-corrected chi connectivity index (χ1v) is 10.9. The Morgan fingerprint density at radius 2 is 1.86 bits per heavy atom. The zero-order valence-electron chi connectivity index (χ0n) is 15.9. The number of nitrogens with two attached hydrogens (primary N) is 1. The van der Waals surface area contributed by atoms with Gasteiger partial charge >= 0.3 is 0 Å². The van der Waals surface area contributed by atoms with Gasteiger partial charge < -0.3 is 10.6 Å². The molecule has 0 aliphatic carbocycles. The van der Waals surface area contributed by atoms with Gasteiger partial charge in [-0.3, -0.25) is 9.10 Å². The highest BCUT2D eigenvalue weighted by molar-refractivity contribution is 7.92. The first-order chi connectivity index (χ1) is 12.9. The van der Waals surface area contributed by atoms with Crippen LogP contribution in [0.2, 0.25) is 0 Å². The van der Waals surface area contributed by atoms with Gasteiger partial charge in [-0.15, -0.1) is 12.4 Å². The van der Waals surface area contributed by atoms with Crippen LogP contribution in [0.1, 0.15) is 21.5 Å². The van der Waals surface area contributed by atoms with Crippen LogP contribution in [0.3, 0.4) is 0 Å². The van der Waals surface area contributed by atoms with Gasteiger partial charge in [0.05, 0.1) is 11.9 Å². The quantitative estimate of drug-likeness (QED) is 0.738. The van der Waals surface area contributed by atoms with Crippen molar-refractivity contribution in [3.63, 3.8) is 0 Å². The van der Waals surface area contributed by atoms with Gasteiger partial charge in [0, 0.05) is 31.7 Å². The summed E-state index contributed by atoms with van der Waals surface area (Å²) in [6.07, 6.45) is 2.58. The molecule has 0 unspecified atom stereocenters. The molecule has 0 spiro atoms. The van der Waals surface area contributed by atoms with E-state index >= 15 is 0 Å². The van der Waals surface area contributed by atoms with Crippen molar-refractivity contribution in [2.24, 2.45) is 5.73 Å². The summed E-state index contributed by atoms with van der Waals surface area (Å²) in [6.45, 7) is 1.89. The summed E-state index contributed by atoms with van der Waals surface area (Å²) < 4.78 is 25.1. The first-order valence-electron chi connectivity index (χ1n) is 9.04. The summed E-state index contributed by atoms with van der Waals surface area (Å²) in [4.78, 5) is 14.7. The van der Waals surface area contributed by atoms with E-state index in [1.807, 2.05) is 36.4 Å². The standard InChI is InChI=1S/C20H25N3O3S.ClH/c1-27(25,26)23-13-10-17-15-18(7-8-19(17)23)20(24)22(14-11-21)12-9-16-5-3-2-4-6-16;/h2-8,15H,9-14,21H2,1H3;1H. The van der Waals surface area contributed by atoms with E-state index in [1.165, 1.54) is 16.1 Å². The maximum Gasteiger partial charge on any atom is 0.253 e. The fourth-order valence-corrected chi connectivity index (χ4v) is 4.37. The summed E-state index contributed by atoms with van der Waals surface area (Å²) in [7, 11) is -3.29. The highest BCUT2D eigenvalue weighted by atomic mass is 35.5. The van der Waals surface area contributed by atoms with E-state index in [2.05, 4.69) is 0 Å². The van der Waals surface area contributed by atoms with Crippen LogP contribution >= 0.6 is 12.4 Å². The Kier molecular flexibility index (Phi) is 7.46. The van der Waals surface area contributed by atoms with Crippen LogP contribution in [-0.4, -0.2) is 51.7 Å². The number of carbonyl (C=O) groups excluding carboxylic acids is 1. The van der Waals surface area contributed by atoms with E-state index in [4.69, 9.17) is 5.73 Å². The van der Waals surface area contributed by atoms with Crippen molar-refractivity contribution in [1.82, 2.24) is 4.90 Å². The minimum Gasteiger partial charge on any atom is -0.337 e. The normalized spacial score (nSPS) is 13.0. The van der Waals surface area contributed by atoms with Crippen molar-refractivity contribution in [1.29, 1.82) is 0 Å². The second-order valence-corrected chi connectivity index (χ2v) is 8.65. The number of anilines is 1. The van der Waals surface area contributed by atoms with Crippen LogP contribution in [-0.2, 0) is 22.9 Å². The molecule has 0 aromatic heterocycles. The third-order valence-corrected chi connectivity index (χ3v) is 5.96. The lowest BCUT2D eigenvalue weighted by atomic mass is 10.1. The number of rotatable bonds is 7. The highest BCUT2D eigenvalue weighted by Crippen LogP contribution is 2.31. The topological polar surface area (TPSA) is 83.7 Å². The average Bonchev–Trinajstić information content (AvgIpc) is 3.09. The fourth-order valence-electron chi connectivity index (χ4n) is 3.41. The number of amides is 1. The SMILES string of the molecule is CS(=O)(=O)N1CCc2cc(C(=O)N(CCN)CCc3ccccc3)ccc21.Cl. The number of sulfonamides is 1. The summed E-state index contributed by atoms with van der Waals surface area (Å²) in [6, 6.07) is 15.3. The second-order valence-electron chi connectivity index (χ2n) is 6.75. The predicted octanol–water partition coefficient (Wildman–Crippen LogP) is 2.07. The molecule has 3 rings (SSSR count). The molecule has 0 radical (unpaired) electrons. The van der Waals surface area contributed by atoms with Crippen LogP contribution in [0.15, 0.2) is 48.5 Å². The summed E-state index contributed by atoms with van der Waals surface area (Å²) in [5, 5.41) is 0. The molecule has 2 aromatic carbocycles.